The minimum atomic E-state index is -0.117. The first-order chi connectivity index (χ1) is 14.0. The van der Waals surface area contributed by atoms with Crippen LogP contribution in [-0.2, 0) is 4.79 Å². The van der Waals surface area contributed by atoms with Gasteiger partial charge in [0.15, 0.2) is 0 Å². The summed E-state index contributed by atoms with van der Waals surface area (Å²) >= 11 is 10.1. The minimum absolute atomic E-state index is 0.117. The maximum Gasteiger partial charge on any atom is 0.266 e. The van der Waals surface area contributed by atoms with Crippen molar-refractivity contribution in [2.45, 2.75) is 6.92 Å². The van der Waals surface area contributed by atoms with E-state index in [0.717, 1.165) is 21.3 Å². The number of nitrogens with zero attached hydrogens (tertiary/aromatic N) is 1. The molecule has 3 rings (SSSR count). The highest BCUT2D eigenvalue weighted by molar-refractivity contribution is 9.10. The van der Waals surface area contributed by atoms with E-state index in [2.05, 4.69) is 22.5 Å². The normalized spacial score (nSPS) is 15.1. The highest BCUT2D eigenvalue weighted by Crippen LogP contribution is 2.35. The fourth-order valence-corrected chi connectivity index (χ4v) is 4.35. The first-order valence-electron chi connectivity index (χ1n) is 8.96. The Labute approximate surface area is 188 Å². The van der Waals surface area contributed by atoms with Gasteiger partial charge < -0.3 is 9.47 Å². The van der Waals surface area contributed by atoms with Crippen LogP contribution in [0.25, 0.3) is 6.08 Å². The van der Waals surface area contributed by atoms with Crippen molar-refractivity contribution in [1.82, 2.24) is 4.90 Å². The Morgan fingerprint density at radius 1 is 1.21 bits per heavy atom. The van der Waals surface area contributed by atoms with Crippen molar-refractivity contribution in [3.8, 4) is 11.5 Å². The van der Waals surface area contributed by atoms with Crippen LogP contribution in [0.2, 0.25) is 0 Å². The van der Waals surface area contributed by atoms with Crippen LogP contribution in [0.3, 0.4) is 0 Å². The Hall–Kier alpha value is -2.09. The van der Waals surface area contributed by atoms with Gasteiger partial charge in [-0.2, -0.15) is 0 Å². The lowest BCUT2D eigenvalue weighted by molar-refractivity contribution is -0.121. The molecule has 0 unspecified atom stereocenters. The summed E-state index contributed by atoms with van der Waals surface area (Å²) in [5, 5.41) is 0. The lowest BCUT2D eigenvalue weighted by Crippen LogP contribution is -2.27. The number of thioether (sulfide) groups is 1. The van der Waals surface area contributed by atoms with Crippen molar-refractivity contribution in [3.63, 3.8) is 0 Å². The molecule has 0 radical (unpaired) electrons. The predicted octanol–water partition coefficient (Wildman–Crippen LogP) is 5.60. The van der Waals surface area contributed by atoms with Gasteiger partial charge in [-0.15, -0.1) is 6.58 Å². The first-order valence-corrected chi connectivity index (χ1v) is 11.0. The van der Waals surface area contributed by atoms with Crippen LogP contribution < -0.4 is 9.47 Å². The quantitative estimate of drug-likeness (QED) is 0.208. The predicted molar refractivity (Wildman–Crippen MR) is 126 cm³/mol. The number of aryl methyl sites for hydroxylation is 1. The molecule has 2 aromatic rings. The van der Waals surface area contributed by atoms with E-state index in [9.17, 15) is 4.79 Å². The Morgan fingerprint density at radius 3 is 2.76 bits per heavy atom. The summed E-state index contributed by atoms with van der Waals surface area (Å²) in [6, 6.07) is 13.6. The van der Waals surface area contributed by atoms with Gasteiger partial charge in [-0.3, -0.25) is 9.69 Å². The Morgan fingerprint density at radius 2 is 2.00 bits per heavy atom. The van der Waals surface area contributed by atoms with Gasteiger partial charge in [0.2, 0.25) is 0 Å². The highest BCUT2D eigenvalue weighted by atomic mass is 79.9. The molecule has 2 aromatic carbocycles. The molecule has 1 saturated heterocycles. The van der Waals surface area contributed by atoms with Crippen LogP contribution >= 0.6 is 39.9 Å². The Kier molecular flexibility index (Phi) is 7.52. The summed E-state index contributed by atoms with van der Waals surface area (Å²) in [6.45, 7) is 6.90. The number of carbonyl (C=O) groups excluding carboxylic acids is 1. The largest absolute Gasteiger partial charge is 0.490 e. The Balaban J connectivity index is 1.69. The number of hydrogen-bond donors (Lipinski definition) is 0. The van der Waals surface area contributed by atoms with E-state index in [1.54, 1.807) is 6.08 Å². The molecule has 1 aliphatic heterocycles. The zero-order chi connectivity index (χ0) is 20.8. The molecule has 29 heavy (non-hydrogen) atoms. The number of ether oxygens (including phenoxy) is 2. The van der Waals surface area contributed by atoms with Gasteiger partial charge >= 0.3 is 0 Å². The summed E-state index contributed by atoms with van der Waals surface area (Å²) in [7, 11) is 0. The molecule has 7 heteroatoms. The molecule has 1 fully saturated rings. The van der Waals surface area contributed by atoms with E-state index in [1.807, 2.05) is 55.5 Å². The number of rotatable bonds is 8. The lowest BCUT2D eigenvalue weighted by atomic mass is 10.2. The number of halogens is 1. The zero-order valence-corrected chi connectivity index (χ0v) is 19.1. The van der Waals surface area contributed by atoms with Gasteiger partial charge in [-0.05, 0) is 48.9 Å². The Bertz CT molecular complexity index is 974. The molecule has 0 bridgehead atoms. The summed E-state index contributed by atoms with van der Waals surface area (Å²) in [4.78, 5) is 14.7. The fraction of sp³-hybridized carbons (Fsp3) is 0.182. The third-order valence-electron chi connectivity index (χ3n) is 4.04. The summed E-state index contributed by atoms with van der Waals surface area (Å²) in [5.74, 6) is 1.37. The third-order valence-corrected chi connectivity index (χ3v) is 5.91. The van der Waals surface area contributed by atoms with Crippen molar-refractivity contribution in [1.29, 1.82) is 0 Å². The molecule has 0 spiro atoms. The molecule has 0 N–H and O–H groups in total. The second-order valence-electron chi connectivity index (χ2n) is 6.28. The molecule has 0 saturated carbocycles. The molecular formula is C22H20BrNO3S2. The van der Waals surface area contributed by atoms with E-state index >= 15 is 0 Å². The average molecular weight is 490 g/mol. The molecule has 150 valence electrons. The number of hydrogen-bond acceptors (Lipinski definition) is 5. The molecule has 4 nitrogen and oxygen atoms in total. The van der Waals surface area contributed by atoms with Gasteiger partial charge in [0.25, 0.3) is 5.91 Å². The van der Waals surface area contributed by atoms with E-state index in [4.69, 9.17) is 21.7 Å². The topological polar surface area (TPSA) is 38.8 Å². The molecule has 1 aliphatic rings. The minimum Gasteiger partial charge on any atom is -0.490 e. The standard InChI is InChI=1S/C22H20BrNO3S2/c1-3-9-24-21(25)20(29-22(24)28)14-16-13-17(23)7-8-19(16)27-11-10-26-18-6-4-5-15(2)12-18/h3-8,12-14H,1,9-11H2,2H3. The van der Waals surface area contributed by atoms with Gasteiger partial charge in [-0.1, -0.05) is 58.1 Å². The van der Waals surface area contributed by atoms with Crippen molar-refractivity contribution in [2.24, 2.45) is 0 Å². The van der Waals surface area contributed by atoms with Crippen molar-refractivity contribution in [2.75, 3.05) is 19.8 Å². The number of benzene rings is 2. The smallest absolute Gasteiger partial charge is 0.266 e. The molecule has 0 aliphatic carbocycles. The first kappa shape index (κ1) is 21.6. The van der Waals surface area contributed by atoms with E-state index < -0.39 is 0 Å². The second kappa shape index (κ2) is 10.1. The van der Waals surface area contributed by atoms with Crippen LogP contribution in [0.1, 0.15) is 11.1 Å². The van der Waals surface area contributed by atoms with E-state index in [-0.39, 0.29) is 5.91 Å². The van der Waals surface area contributed by atoms with Crippen molar-refractivity contribution in [3.05, 3.63) is 75.6 Å². The lowest BCUT2D eigenvalue weighted by Gasteiger charge is -2.12. The molecule has 1 heterocycles. The summed E-state index contributed by atoms with van der Waals surface area (Å²) < 4.78 is 13.1. The average Bonchev–Trinajstić information content (AvgIpc) is 2.94. The van der Waals surface area contributed by atoms with Crippen LogP contribution in [-0.4, -0.2) is 34.9 Å². The van der Waals surface area contributed by atoms with Crippen LogP contribution in [0, 0.1) is 6.92 Å². The number of carbonyl (C=O) groups is 1. The fourth-order valence-electron chi connectivity index (χ4n) is 2.71. The van der Waals surface area contributed by atoms with Crippen molar-refractivity contribution >= 4 is 56.2 Å². The SMILES string of the molecule is C=CCN1C(=O)C(=Cc2cc(Br)ccc2OCCOc2cccc(C)c2)SC1=S. The van der Waals surface area contributed by atoms with Gasteiger partial charge in [0.1, 0.15) is 29.0 Å². The maximum atomic E-state index is 12.6. The van der Waals surface area contributed by atoms with E-state index in [0.29, 0.717) is 34.7 Å². The monoisotopic (exact) mass is 489 g/mol. The number of amides is 1. The molecule has 1 amide bonds. The highest BCUT2D eigenvalue weighted by Gasteiger charge is 2.31. The van der Waals surface area contributed by atoms with Gasteiger partial charge in [0, 0.05) is 16.6 Å². The van der Waals surface area contributed by atoms with Crippen LogP contribution in [0.15, 0.2) is 64.5 Å². The van der Waals surface area contributed by atoms with Gasteiger partial charge in [0.05, 0.1) is 4.91 Å². The molecule has 0 atom stereocenters. The molecule has 0 aromatic heterocycles. The molecular weight excluding hydrogens is 470 g/mol. The third kappa shape index (κ3) is 5.72. The second-order valence-corrected chi connectivity index (χ2v) is 8.87. The zero-order valence-electron chi connectivity index (χ0n) is 15.9. The van der Waals surface area contributed by atoms with Crippen molar-refractivity contribution < 1.29 is 14.3 Å². The maximum absolute atomic E-state index is 12.6. The summed E-state index contributed by atoms with van der Waals surface area (Å²) in [5.41, 5.74) is 1.95. The van der Waals surface area contributed by atoms with Crippen LogP contribution in [0.5, 0.6) is 11.5 Å². The van der Waals surface area contributed by atoms with E-state index in [1.165, 1.54) is 16.7 Å². The number of thiocarbonyl (C=S) groups is 1. The van der Waals surface area contributed by atoms with Crippen LogP contribution in [0.4, 0.5) is 0 Å². The summed E-state index contributed by atoms with van der Waals surface area (Å²) in [6.07, 6.45) is 3.47. The van der Waals surface area contributed by atoms with Gasteiger partial charge in [-0.25, -0.2) is 0 Å².